The fourth-order valence-electron chi connectivity index (χ4n) is 2.64. The number of benzene rings is 1. The maximum atomic E-state index is 12.2. The molecule has 0 radical (unpaired) electrons. The van der Waals surface area contributed by atoms with Crippen molar-refractivity contribution in [3.05, 3.63) is 30.1 Å². The summed E-state index contributed by atoms with van der Waals surface area (Å²) in [6.07, 6.45) is -3.10. The Bertz CT molecular complexity index is 701. The number of halogens is 3. The molecule has 26 heavy (non-hydrogen) atoms. The van der Waals surface area contributed by atoms with Gasteiger partial charge in [-0.3, -0.25) is 0 Å². The third kappa shape index (κ3) is 5.21. The number of piperidine rings is 1. The highest BCUT2D eigenvalue weighted by Crippen LogP contribution is 2.27. The summed E-state index contributed by atoms with van der Waals surface area (Å²) >= 11 is 1.35. The molecular weight excluding hydrogens is 371 g/mol. The largest absolute Gasteiger partial charge is 0.573 e. The molecule has 1 aliphatic heterocycles. The van der Waals surface area contributed by atoms with Crippen LogP contribution in [0.1, 0.15) is 18.7 Å². The Balaban J connectivity index is 1.49. The number of hydrogen-bond acceptors (Lipinski definition) is 7. The average Bonchev–Trinajstić information content (AvgIpc) is 3.05. The highest BCUT2D eigenvalue weighted by Gasteiger charge is 2.31. The van der Waals surface area contributed by atoms with Gasteiger partial charge in [0.2, 0.25) is 5.13 Å². The Morgan fingerprint density at radius 1 is 1.15 bits per heavy atom. The van der Waals surface area contributed by atoms with E-state index in [0.717, 1.165) is 31.1 Å². The van der Waals surface area contributed by atoms with E-state index in [-0.39, 0.29) is 11.9 Å². The molecule has 1 aromatic heterocycles. The van der Waals surface area contributed by atoms with Crippen LogP contribution < -0.4 is 14.4 Å². The Labute approximate surface area is 152 Å². The van der Waals surface area contributed by atoms with Crippen molar-refractivity contribution >= 4 is 16.7 Å². The van der Waals surface area contributed by atoms with Crippen molar-refractivity contribution in [2.75, 3.05) is 25.1 Å². The highest BCUT2D eigenvalue weighted by molar-refractivity contribution is 7.09. The lowest BCUT2D eigenvalue weighted by Crippen LogP contribution is -2.38. The first-order valence-electron chi connectivity index (χ1n) is 8.02. The van der Waals surface area contributed by atoms with E-state index in [1.54, 1.807) is 7.11 Å². The van der Waals surface area contributed by atoms with Crippen molar-refractivity contribution < 1.29 is 27.4 Å². The Hall–Kier alpha value is -2.07. The van der Waals surface area contributed by atoms with Crippen molar-refractivity contribution in [1.29, 1.82) is 0 Å². The van der Waals surface area contributed by atoms with E-state index in [4.69, 9.17) is 9.47 Å². The van der Waals surface area contributed by atoms with Crippen molar-refractivity contribution in [3.63, 3.8) is 0 Å². The van der Waals surface area contributed by atoms with E-state index in [2.05, 4.69) is 19.0 Å². The predicted octanol–water partition coefficient (Wildman–Crippen LogP) is 3.63. The summed E-state index contributed by atoms with van der Waals surface area (Å²) in [5.41, 5.74) is 0. The van der Waals surface area contributed by atoms with Crippen LogP contribution in [0.5, 0.6) is 11.5 Å². The summed E-state index contributed by atoms with van der Waals surface area (Å²) in [5, 5.41) is 0.865. The third-order valence-corrected chi connectivity index (χ3v) is 4.62. The fraction of sp³-hybridized carbons (Fsp3) is 0.500. The first-order chi connectivity index (χ1) is 12.4. The molecule has 0 N–H and O–H groups in total. The van der Waals surface area contributed by atoms with Gasteiger partial charge in [-0.2, -0.15) is 4.37 Å². The van der Waals surface area contributed by atoms with Crippen LogP contribution in [0.3, 0.4) is 0 Å². The molecular formula is C16H18F3N3O3S. The first-order valence-corrected chi connectivity index (χ1v) is 8.79. The molecule has 0 unspecified atom stereocenters. The molecule has 6 nitrogen and oxygen atoms in total. The minimum atomic E-state index is -4.69. The van der Waals surface area contributed by atoms with Gasteiger partial charge in [0.1, 0.15) is 24.2 Å². The van der Waals surface area contributed by atoms with Gasteiger partial charge < -0.3 is 19.1 Å². The molecule has 0 amide bonds. The summed E-state index contributed by atoms with van der Waals surface area (Å²) < 4.78 is 55.4. The second-order valence-corrected chi connectivity index (χ2v) is 6.48. The zero-order chi connectivity index (χ0) is 18.6. The van der Waals surface area contributed by atoms with Gasteiger partial charge >= 0.3 is 6.36 Å². The molecule has 3 rings (SSSR count). The van der Waals surface area contributed by atoms with E-state index < -0.39 is 6.36 Å². The molecule has 1 saturated heterocycles. The van der Waals surface area contributed by atoms with E-state index >= 15 is 0 Å². The van der Waals surface area contributed by atoms with Gasteiger partial charge in [-0.25, -0.2) is 4.98 Å². The Kier molecular flexibility index (Phi) is 5.82. The summed E-state index contributed by atoms with van der Waals surface area (Å²) in [5.74, 6) is 0.936. The van der Waals surface area contributed by atoms with Crippen LogP contribution in [0.15, 0.2) is 24.3 Å². The number of methoxy groups -OCH3 is 1. The average molecular weight is 389 g/mol. The molecule has 142 valence electrons. The zero-order valence-electron chi connectivity index (χ0n) is 14.0. The lowest BCUT2D eigenvalue weighted by atomic mass is 10.1. The molecule has 1 aromatic carbocycles. The van der Waals surface area contributed by atoms with Gasteiger partial charge in [-0.1, -0.05) is 0 Å². The van der Waals surface area contributed by atoms with Crippen LogP contribution >= 0.6 is 11.5 Å². The lowest BCUT2D eigenvalue weighted by Gasteiger charge is -2.31. The van der Waals surface area contributed by atoms with Crippen LogP contribution in [-0.2, 0) is 11.3 Å². The number of alkyl halides is 3. The normalized spacial score (nSPS) is 15.9. The molecule has 0 aliphatic carbocycles. The second-order valence-electron chi connectivity index (χ2n) is 5.75. The molecule has 2 aromatic rings. The van der Waals surface area contributed by atoms with Gasteiger partial charge in [0, 0.05) is 44.6 Å². The number of aromatic nitrogens is 2. The first kappa shape index (κ1) is 18.7. The highest BCUT2D eigenvalue weighted by atomic mass is 32.1. The standard InChI is InChI=1S/C16H18F3N3O3S/c1-23-10-14-20-15(26-21-14)22-8-6-12(7-9-22)24-11-2-4-13(5-3-11)25-16(17,18)19/h2-5,12H,6-10H2,1H3. The van der Waals surface area contributed by atoms with Crippen LogP contribution in [0.2, 0.25) is 0 Å². The minimum absolute atomic E-state index is 0.00648. The van der Waals surface area contributed by atoms with Gasteiger partial charge in [0.15, 0.2) is 5.82 Å². The molecule has 0 bridgehead atoms. The van der Waals surface area contributed by atoms with E-state index in [0.29, 0.717) is 18.2 Å². The molecule has 0 saturated carbocycles. The van der Waals surface area contributed by atoms with Crippen LogP contribution in [0.25, 0.3) is 0 Å². The summed E-state index contributed by atoms with van der Waals surface area (Å²) in [6, 6.07) is 5.46. The van der Waals surface area contributed by atoms with Gasteiger partial charge in [0.25, 0.3) is 0 Å². The molecule has 10 heteroatoms. The van der Waals surface area contributed by atoms with Crippen LogP contribution in [0.4, 0.5) is 18.3 Å². The van der Waals surface area contributed by atoms with Crippen molar-refractivity contribution in [2.45, 2.75) is 31.9 Å². The van der Waals surface area contributed by atoms with Gasteiger partial charge in [0.05, 0.1) is 0 Å². The molecule has 2 heterocycles. The van der Waals surface area contributed by atoms with E-state index in [1.807, 2.05) is 0 Å². The number of rotatable bonds is 6. The van der Waals surface area contributed by atoms with Crippen LogP contribution in [-0.4, -0.2) is 42.0 Å². The fourth-order valence-corrected chi connectivity index (χ4v) is 3.36. The smallest absolute Gasteiger partial charge is 0.490 e. The second kappa shape index (κ2) is 8.09. The minimum Gasteiger partial charge on any atom is -0.490 e. The molecule has 0 atom stereocenters. The van der Waals surface area contributed by atoms with Gasteiger partial charge in [-0.15, -0.1) is 13.2 Å². The van der Waals surface area contributed by atoms with E-state index in [1.165, 1.54) is 35.8 Å². The molecule has 1 aliphatic rings. The molecule has 0 spiro atoms. The SMILES string of the molecule is COCc1nsc(N2CCC(Oc3ccc(OC(F)(F)F)cc3)CC2)n1. The quantitative estimate of drug-likeness (QED) is 0.752. The Morgan fingerprint density at radius 3 is 2.42 bits per heavy atom. The van der Waals surface area contributed by atoms with Crippen molar-refractivity contribution in [2.24, 2.45) is 0 Å². The van der Waals surface area contributed by atoms with Crippen molar-refractivity contribution in [1.82, 2.24) is 9.36 Å². The monoisotopic (exact) mass is 389 g/mol. The number of hydrogen-bond donors (Lipinski definition) is 0. The maximum absolute atomic E-state index is 12.2. The van der Waals surface area contributed by atoms with Gasteiger partial charge in [-0.05, 0) is 24.3 Å². The number of ether oxygens (including phenoxy) is 3. The number of anilines is 1. The summed E-state index contributed by atoms with van der Waals surface area (Å²) in [7, 11) is 1.60. The lowest BCUT2D eigenvalue weighted by molar-refractivity contribution is -0.274. The van der Waals surface area contributed by atoms with Crippen LogP contribution in [0, 0.1) is 0 Å². The number of nitrogens with zero attached hydrogens (tertiary/aromatic N) is 3. The zero-order valence-corrected chi connectivity index (χ0v) is 14.8. The van der Waals surface area contributed by atoms with Crippen molar-refractivity contribution in [3.8, 4) is 11.5 Å². The van der Waals surface area contributed by atoms with E-state index in [9.17, 15) is 13.2 Å². The third-order valence-electron chi connectivity index (χ3n) is 3.80. The topological polar surface area (TPSA) is 56.7 Å². The maximum Gasteiger partial charge on any atom is 0.573 e. The summed E-state index contributed by atoms with van der Waals surface area (Å²) in [4.78, 5) is 6.58. The summed E-state index contributed by atoms with van der Waals surface area (Å²) in [6.45, 7) is 1.95. The molecule has 1 fully saturated rings. The Morgan fingerprint density at radius 2 is 1.81 bits per heavy atom. The predicted molar refractivity (Wildman–Crippen MR) is 89.6 cm³/mol.